The van der Waals surface area contributed by atoms with Gasteiger partial charge in [-0.25, -0.2) is 4.98 Å². The van der Waals surface area contributed by atoms with E-state index in [-0.39, 0.29) is 0 Å². The second-order valence-electron chi connectivity index (χ2n) is 3.49. The van der Waals surface area contributed by atoms with Crippen LogP contribution in [-0.4, -0.2) is 4.98 Å². The molecule has 0 aromatic carbocycles. The standard InChI is InChI=1S/C12H14N2OS/c1-9-4-5-10(7-13)12(14-9)16-8-11-3-2-6-15-11/h2-6H,7-8,13H2,1H3. The number of pyridine rings is 1. The smallest absolute Gasteiger partial charge is 0.114 e. The van der Waals surface area contributed by atoms with Crippen LogP contribution < -0.4 is 5.73 Å². The average molecular weight is 234 g/mol. The van der Waals surface area contributed by atoms with E-state index in [1.165, 1.54) is 0 Å². The minimum atomic E-state index is 0.522. The summed E-state index contributed by atoms with van der Waals surface area (Å²) >= 11 is 1.66. The molecule has 0 bridgehead atoms. The molecule has 84 valence electrons. The molecule has 2 aromatic rings. The summed E-state index contributed by atoms with van der Waals surface area (Å²) in [4.78, 5) is 4.48. The molecule has 0 unspecified atom stereocenters. The van der Waals surface area contributed by atoms with Crippen LogP contribution in [0.15, 0.2) is 40.0 Å². The molecule has 0 aliphatic rings. The van der Waals surface area contributed by atoms with Gasteiger partial charge in [-0.3, -0.25) is 0 Å². The summed E-state index contributed by atoms with van der Waals surface area (Å²) in [6, 6.07) is 7.88. The first-order valence-electron chi connectivity index (χ1n) is 5.11. The first-order chi connectivity index (χ1) is 7.79. The van der Waals surface area contributed by atoms with E-state index < -0.39 is 0 Å². The van der Waals surface area contributed by atoms with Gasteiger partial charge >= 0.3 is 0 Å². The van der Waals surface area contributed by atoms with E-state index in [0.717, 1.165) is 27.8 Å². The van der Waals surface area contributed by atoms with E-state index in [2.05, 4.69) is 4.98 Å². The molecule has 0 saturated carbocycles. The third-order valence-electron chi connectivity index (χ3n) is 2.23. The highest BCUT2D eigenvalue weighted by atomic mass is 32.2. The molecule has 0 saturated heterocycles. The minimum absolute atomic E-state index is 0.522. The van der Waals surface area contributed by atoms with Gasteiger partial charge < -0.3 is 10.2 Å². The molecule has 0 fully saturated rings. The highest BCUT2D eigenvalue weighted by Gasteiger charge is 2.05. The van der Waals surface area contributed by atoms with Gasteiger partial charge in [0, 0.05) is 12.2 Å². The molecule has 0 spiro atoms. The summed E-state index contributed by atoms with van der Waals surface area (Å²) in [5.74, 6) is 1.74. The number of hydrogen-bond acceptors (Lipinski definition) is 4. The van der Waals surface area contributed by atoms with E-state index in [1.54, 1.807) is 18.0 Å². The normalized spacial score (nSPS) is 10.6. The minimum Gasteiger partial charge on any atom is -0.468 e. The Labute approximate surface area is 99.1 Å². The molecule has 4 heteroatoms. The van der Waals surface area contributed by atoms with Crippen LogP contribution in [0.2, 0.25) is 0 Å². The first kappa shape index (κ1) is 11.2. The number of furan rings is 1. The zero-order valence-electron chi connectivity index (χ0n) is 9.14. The summed E-state index contributed by atoms with van der Waals surface area (Å²) in [7, 11) is 0. The molecule has 2 heterocycles. The predicted octanol–water partition coefficient (Wildman–Crippen LogP) is 2.73. The van der Waals surface area contributed by atoms with Gasteiger partial charge in [0.05, 0.1) is 12.0 Å². The van der Waals surface area contributed by atoms with Crippen molar-refractivity contribution in [1.29, 1.82) is 0 Å². The Bertz CT molecular complexity index is 454. The number of aryl methyl sites for hydroxylation is 1. The molecule has 0 amide bonds. The molecular formula is C12H14N2OS. The Morgan fingerprint density at radius 3 is 2.94 bits per heavy atom. The van der Waals surface area contributed by atoms with E-state index in [9.17, 15) is 0 Å². The van der Waals surface area contributed by atoms with E-state index >= 15 is 0 Å². The number of nitrogens with two attached hydrogens (primary N) is 1. The fourth-order valence-corrected chi connectivity index (χ4v) is 2.36. The Kier molecular flexibility index (Phi) is 3.64. The van der Waals surface area contributed by atoms with Crippen molar-refractivity contribution in [3.05, 3.63) is 47.5 Å². The largest absolute Gasteiger partial charge is 0.468 e. The molecule has 2 aromatic heterocycles. The maximum Gasteiger partial charge on any atom is 0.114 e. The number of thioether (sulfide) groups is 1. The average Bonchev–Trinajstić information content (AvgIpc) is 2.79. The van der Waals surface area contributed by atoms with Gasteiger partial charge in [-0.1, -0.05) is 17.8 Å². The summed E-state index contributed by atoms with van der Waals surface area (Å²) in [6.07, 6.45) is 1.68. The Morgan fingerprint density at radius 1 is 1.38 bits per heavy atom. The van der Waals surface area contributed by atoms with Gasteiger partial charge in [-0.05, 0) is 30.7 Å². The van der Waals surface area contributed by atoms with Crippen LogP contribution >= 0.6 is 11.8 Å². The summed E-state index contributed by atoms with van der Waals surface area (Å²) < 4.78 is 5.28. The number of rotatable bonds is 4. The van der Waals surface area contributed by atoms with Crippen molar-refractivity contribution in [2.75, 3.05) is 0 Å². The third-order valence-corrected chi connectivity index (χ3v) is 3.29. The maximum absolute atomic E-state index is 5.67. The van der Waals surface area contributed by atoms with Gasteiger partial charge in [-0.2, -0.15) is 0 Å². The summed E-state index contributed by atoms with van der Waals surface area (Å²) in [6.45, 7) is 2.50. The first-order valence-corrected chi connectivity index (χ1v) is 6.10. The van der Waals surface area contributed by atoms with Crippen LogP contribution in [0.1, 0.15) is 17.0 Å². The van der Waals surface area contributed by atoms with Crippen LogP contribution in [0.4, 0.5) is 0 Å². The lowest BCUT2D eigenvalue weighted by atomic mass is 10.2. The van der Waals surface area contributed by atoms with Gasteiger partial charge in [0.2, 0.25) is 0 Å². The van der Waals surface area contributed by atoms with Crippen molar-refractivity contribution < 1.29 is 4.42 Å². The number of hydrogen-bond donors (Lipinski definition) is 1. The summed E-state index contributed by atoms with van der Waals surface area (Å²) in [5.41, 5.74) is 7.77. The topological polar surface area (TPSA) is 52.0 Å². The lowest BCUT2D eigenvalue weighted by molar-refractivity contribution is 0.530. The van der Waals surface area contributed by atoms with Crippen molar-refractivity contribution in [3.8, 4) is 0 Å². The Balaban J connectivity index is 2.11. The maximum atomic E-state index is 5.67. The van der Waals surface area contributed by atoms with Gasteiger partial charge in [0.1, 0.15) is 10.8 Å². The second kappa shape index (κ2) is 5.18. The number of aromatic nitrogens is 1. The van der Waals surface area contributed by atoms with Crippen LogP contribution in [0, 0.1) is 6.92 Å². The zero-order chi connectivity index (χ0) is 11.4. The third kappa shape index (κ3) is 2.65. The monoisotopic (exact) mass is 234 g/mol. The van der Waals surface area contributed by atoms with Crippen molar-refractivity contribution in [2.45, 2.75) is 24.2 Å². The van der Waals surface area contributed by atoms with E-state index in [1.807, 2.05) is 31.2 Å². The molecule has 0 aliphatic carbocycles. The van der Waals surface area contributed by atoms with E-state index in [4.69, 9.17) is 10.2 Å². The quantitative estimate of drug-likeness (QED) is 0.826. The SMILES string of the molecule is Cc1ccc(CN)c(SCc2ccco2)n1. The zero-order valence-corrected chi connectivity index (χ0v) is 9.96. The number of nitrogens with zero attached hydrogens (tertiary/aromatic N) is 1. The van der Waals surface area contributed by atoms with Gasteiger partial charge in [0.15, 0.2) is 0 Å². The predicted molar refractivity (Wildman–Crippen MR) is 65.1 cm³/mol. The van der Waals surface area contributed by atoms with Crippen molar-refractivity contribution in [2.24, 2.45) is 5.73 Å². The van der Waals surface area contributed by atoms with Crippen molar-refractivity contribution >= 4 is 11.8 Å². The summed E-state index contributed by atoms with van der Waals surface area (Å²) in [5, 5.41) is 0.999. The molecule has 3 nitrogen and oxygen atoms in total. The van der Waals surface area contributed by atoms with Gasteiger partial charge in [-0.15, -0.1) is 0 Å². The molecule has 0 aliphatic heterocycles. The van der Waals surface area contributed by atoms with Crippen molar-refractivity contribution in [3.63, 3.8) is 0 Å². The lowest BCUT2D eigenvalue weighted by Gasteiger charge is -2.06. The van der Waals surface area contributed by atoms with Crippen LogP contribution in [-0.2, 0) is 12.3 Å². The molecule has 0 atom stereocenters. The molecule has 2 N–H and O–H groups in total. The second-order valence-corrected chi connectivity index (χ2v) is 4.45. The fourth-order valence-electron chi connectivity index (χ4n) is 1.38. The van der Waals surface area contributed by atoms with Crippen molar-refractivity contribution in [1.82, 2.24) is 4.98 Å². The molecular weight excluding hydrogens is 220 g/mol. The van der Waals surface area contributed by atoms with Gasteiger partial charge in [0.25, 0.3) is 0 Å². The van der Waals surface area contributed by atoms with Crippen LogP contribution in [0.25, 0.3) is 0 Å². The molecule has 16 heavy (non-hydrogen) atoms. The molecule has 0 radical (unpaired) electrons. The van der Waals surface area contributed by atoms with Crippen LogP contribution in [0.5, 0.6) is 0 Å². The Hall–Kier alpha value is -1.26. The van der Waals surface area contributed by atoms with Crippen LogP contribution in [0.3, 0.4) is 0 Å². The highest BCUT2D eigenvalue weighted by Crippen LogP contribution is 2.24. The highest BCUT2D eigenvalue weighted by molar-refractivity contribution is 7.98. The fraction of sp³-hybridized carbons (Fsp3) is 0.250. The molecule has 2 rings (SSSR count). The Morgan fingerprint density at radius 2 is 2.25 bits per heavy atom. The van der Waals surface area contributed by atoms with E-state index in [0.29, 0.717) is 6.54 Å². The lowest BCUT2D eigenvalue weighted by Crippen LogP contribution is -2.01.